The number of rotatable bonds is 4. The molecular formula is C7H6F10. The first-order valence-corrected chi connectivity index (χ1v) is 3.92. The van der Waals surface area contributed by atoms with Gasteiger partial charge < -0.3 is 0 Å². The van der Waals surface area contributed by atoms with Gasteiger partial charge in [0.15, 0.2) is 0 Å². The third-order valence-electron chi connectivity index (χ3n) is 2.28. The van der Waals surface area contributed by atoms with E-state index in [-0.39, 0.29) is 0 Å². The van der Waals surface area contributed by atoms with Crippen molar-refractivity contribution < 1.29 is 43.9 Å². The lowest BCUT2D eigenvalue weighted by molar-refractivity contribution is -0.385. The zero-order valence-electron chi connectivity index (χ0n) is 8.06. The van der Waals surface area contributed by atoms with Crippen molar-refractivity contribution in [3.05, 3.63) is 0 Å². The van der Waals surface area contributed by atoms with Gasteiger partial charge in [-0.2, -0.15) is 22.0 Å². The van der Waals surface area contributed by atoms with E-state index < -0.39 is 43.5 Å². The minimum Gasteiger partial charge on any atom is -0.250 e. The average molecular weight is 280 g/mol. The predicted octanol–water partition coefficient (Wildman–Crippen LogP) is 4.06. The van der Waals surface area contributed by atoms with Gasteiger partial charge in [-0.25, -0.2) is 22.0 Å². The van der Waals surface area contributed by atoms with Gasteiger partial charge in [0.25, 0.3) is 5.92 Å². The van der Waals surface area contributed by atoms with E-state index in [0.717, 1.165) is 0 Å². The summed E-state index contributed by atoms with van der Waals surface area (Å²) in [4.78, 5) is 0. The summed E-state index contributed by atoms with van der Waals surface area (Å²) in [5.41, 5.74) is -5.75. The largest absolute Gasteiger partial charge is 0.408 e. The van der Waals surface area contributed by atoms with Crippen LogP contribution in [0.25, 0.3) is 0 Å². The molecule has 0 fully saturated rings. The van der Waals surface area contributed by atoms with Crippen molar-refractivity contribution >= 4 is 0 Å². The Bertz CT molecular complexity index is 245. The van der Waals surface area contributed by atoms with Crippen molar-refractivity contribution in [2.24, 2.45) is 5.41 Å². The molecule has 1 unspecified atom stereocenters. The Labute approximate surface area is 88.6 Å². The lowest BCUT2D eigenvalue weighted by Crippen LogP contribution is -2.65. The highest BCUT2D eigenvalue weighted by atomic mass is 19.4. The van der Waals surface area contributed by atoms with Crippen LogP contribution in [-0.2, 0) is 0 Å². The van der Waals surface area contributed by atoms with E-state index in [2.05, 4.69) is 0 Å². The molecule has 0 N–H and O–H groups in total. The first-order chi connectivity index (χ1) is 7.25. The molecule has 0 aromatic rings. The summed E-state index contributed by atoms with van der Waals surface area (Å²) in [6, 6.07) is 0. The van der Waals surface area contributed by atoms with Crippen LogP contribution in [0.5, 0.6) is 0 Å². The molecule has 0 aromatic carbocycles. The molecule has 0 rings (SSSR count). The van der Waals surface area contributed by atoms with Crippen LogP contribution in [0.15, 0.2) is 0 Å². The average Bonchev–Trinajstić information content (AvgIpc) is 1.98. The van der Waals surface area contributed by atoms with E-state index >= 15 is 0 Å². The molecule has 104 valence electrons. The highest BCUT2D eigenvalue weighted by Crippen LogP contribution is 2.59. The molecule has 0 aliphatic rings. The van der Waals surface area contributed by atoms with Crippen LogP contribution >= 0.6 is 0 Å². The van der Waals surface area contributed by atoms with Gasteiger partial charge in [0.05, 0.1) is 0 Å². The molecule has 0 amide bonds. The van der Waals surface area contributed by atoms with Crippen LogP contribution in [0, 0.1) is 5.41 Å². The van der Waals surface area contributed by atoms with Gasteiger partial charge in [0.1, 0.15) is 6.67 Å². The normalized spacial score (nSPS) is 18.4. The maximum atomic E-state index is 12.7. The van der Waals surface area contributed by atoms with E-state index in [1.165, 1.54) is 0 Å². The molecule has 0 bridgehead atoms. The topological polar surface area (TPSA) is 0 Å². The fourth-order valence-electron chi connectivity index (χ4n) is 1.20. The van der Waals surface area contributed by atoms with Gasteiger partial charge in [0, 0.05) is 6.92 Å². The molecule has 0 radical (unpaired) electrons. The van der Waals surface area contributed by atoms with E-state index in [0.29, 0.717) is 0 Å². The zero-order valence-corrected chi connectivity index (χ0v) is 8.06. The van der Waals surface area contributed by atoms with Crippen LogP contribution in [0.2, 0.25) is 0 Å². The Morgan fingerprint density at radius 3 is 1.29 bits per heavy atom. The smallest absolute Gasteiger partial charge is 0.250 e. The third kappa shape index (κ3) is 2.17. The van der Waals surface area contributed by atoms with Gasteiger partial charge in [0.2, 0.25) is 5.41 Å². The fourth-order valence-corrected chi connectivity index (χ4v) is 1.20. The predicted molar refractivity (Wildman–Crippen MR) is 36.0 cm³/mol. The number of hydrogen-bond donors (Lipinski definition) is 0. The van der Waals surface area contributed by atoms with E-state index in [1.807, 2.05) is 0 Å². The monoisotopic (exact) mass is 280 g/mol. The quantitative estimate of drug-likeness (QED) is 0.681. The second-order valence-corrected chi connectivity index (χ2v) is 3.35. The lowest BCUT2D eigenvalue weighted by atomic mass is 9.76. The molecule has 0 heterocycles. The minimum absolute atomic E-state index is 0.684. The highest BCUT2D eigenvalue weighted by Gasteiger charge is 2.82. The maximum Gasteiger partial charge on any atom is 0.408 e. The Morgan fingerprint density at radius 2 is 1.24 bits per heavy atom. The van der Waals surface area contributed by atoms with Crippen LogP contribution in [0.1, 0.15) is 6.92 Å². The first-order valence-electron chi connectivity index (χ1n) is 3.92. The second kappa shape index (κ2) is 4.20. The number of halogens is 10. The SMILES string of the molecule is CC(F)(F)C(CF)(C(F)(F)F)C(F)(F)C(F)F. The molecule has 0 aliphatic carbocycles. The van der Waals surface area contributed by atoms with Crippen LogP contribution < -0.4 is 0 Å². The lowest BCUT2D eigenvalue weighted by Gasteiger charge is -2.42. The van der Waals surface area contributed by atoms with E-state index in [9.17, 15) is 43.9 Å². The fraction of sp³-hybridized carbons (Fsp3) is 1.00. The van der Waals surface area contributed by atoms with Crippen molar-refractivity contribution in [2.45, 2.75) is 31.4 Å². The van der Waals surface area contributed by atoms with Gasteiger partial charge in [-0.05, 0) is 0 Å². The van der Waals surface area contributed by atoms with Crippen molar-refractivity contribution in [3.8, 4) is 0 Å². The summed E-state index contributed by atoms with van der Waals surface area (Å²) < 4.78 is 123. The number of hydrogen-bond acceptors (Lipinski definition) is 0. The maximum absolute atomic E-state index is 12.7. The third-order valence-corrected chi connectivity index (χ3v) is 2.28. The Kier molecular flexibility index (Phi) is 4.03. The summed E-state index contributed by atoms with van der Waals surface area (Å²) in [6.45, 7) is -4.05. The molecular weight excluding hydrogens is 274 g/mol. The van der Waals surface area contributed by atoms with Gasteiger partial charge in [-0.3, -0.25) is 0 Å². The Hall–Kier alpha value is -0.700. The summed E-state index contributed by atoms with van der Waals surface area (Å²) >= 11 is 0. The molecule has 0 saturated carbocycles. The van der Waals surface area contributed by atoms with Crippen molar-refractivity contribution in [3.63, 3.8) is 0 Å². The Balaban J connectivity index is 6.05. The summed E-state index contributed by atoms with van der Waals surface area (Å²) in [5.74, 6) is -11.7. The van der Waals surface area contributed by atoms with Crippen molar-refractivity contribution in [2.75, 3.05) is 6.67 Å². The van der Waals surface area contributed by atoms with Crippen LogP contribution in [0.3, 0.4) is 0 Å². The molecule has 1 atom stereocenters. The Morgan fingerprint density at radius 1 is 0.882 bits per heavy atom. The molecule has 0 saturated heterocycles. The molecule has 0 aromatic heterocycles. The molecule has 0 nitrogen and oxygen atoms in total. The first kappa shape index (κ1) is 16.3. The highest BCUT2D eigenvalue weighted by molar-refractivity contribution is 5.06. The van der Waals surface area contributed by atoms with Gasteiger partial charge in [-0.15, -0.1) is 0 Å². The zero-order chi connectivity index (χ0) is 14.3. The second-order valence-electron chi connectivity index (χ2n) is 3.35. The van der Waals surface area contributed by atoms with Crippen LogP contribution in [0.4, 0.5) is 43.9 Å². The summed E-state index contributed by atoms with van der Waals surface area (Å²) in [5, 5.41) is 0. The van der Waals surface area contributed by atoms with Crippen molar-refractivity contribution in [1.29, 1.82) is 0 Å². The molecule has 0 aliphatic heterocycles. The van der Waals surface area contributed by atoms with E-state index in [1.54, 1.807) is 0 Å². The van der Waals surface area contributed by atoms with Crippen molar-refractivity contribution in [1.82, 2.24) is 0 Å². The summed E-state index contributed by atoms with van der Waals surface area (Å²) in [6.07, 6.45) is -11.6. The molecule has 17 heavy (non-hydrogen) atoms. The van der Waals surface area contributed by atoms with E-state index in [4.69, 9.17) is 0 Å². The van der Waals surface area contributed by atoms with Gasteiger partial charge >= 0.3 is 18.5 Å². The number of alkyl halides is 10. The van der Waals surface area contributed by atoms with Gasteiger partial charge in [-0.1, -0.05) is 0 Å². The minimum atomic E-state index is -6.54. The summed E-state index contributed by atoms with van der Waals surface area (Å²) in [7, 11) is 0. The van der Waals surface area contributed by atoms with Crippen LogP contribution in [-0.4, -0.2) is 31.1 Å². The molecule has 10 heteroatoms. The molecule has 0 spiro atoms. The standard InChI is InChI=1S/C7H6F10/c1-4(11,12)5(2-8,7(15,16)17)6(13,14)3(9)10/h3H,2H2,1H3.